The lowest BCUT2D eigenvalue weighted by atomic mass is 9.92. The van der Waals surface area contributed by atoms with Crippen LogP contribution in [-0.4, -0.2) is 21.1 Å². The van der Waals surface area contributed by atoms with Crippen LogP contribution in [0.1, 0.15) is 37.7 Å². The van der Waals surface area contributed by atoms with E-state index in [9.17, 15) is 0 Å². The van der Waals surface area contributed by atoms with Crippen LogP contribution in [0.4, 0.5) is 5.82 Å². The van der Waals surface area contributed by atoms with Gasteiger partial charge >= 0.3 is 0 Å². The molecule has 2 aromatic heterocycles. The molecule has 4 aromatic rings. The molecule has 0 atom stereocenters. The van der Waals surface area contributed by atoms with Crippen LogP contribution in [0.2, 0.25) is 5.02 Å². The number of nitrogens with one attached hydrogen (secondary N) is 1. The van der Waals surface area contributed by atoms with Crippen molar-refractivity contribution in [2.45, 2.75) is 39.5 Å². The molecule has 0 saturated carbocycles. The highest BCUT2D eigenvalue weighted by atomic mass is 35.5. The van der Waals surface area contributed by atoms with E-state index in [4.69, 9.17) is 21.7 Å². The number of fused-ring (bicyclic) bond motifs is 1. The minimum atomic E-state index is -0.0897. The molecule has 0 amide bonds. The molecule has 0 bridgehead atoms. The van der Waals surface area contributed by atoms with E-state index < -0.39 is 0 Å². The maximum atomic E-state index is 6.53. The number of benzene rings is 2. The van der Waals surface area contributed by atoms with E-state index in [0.717, 1.165) is 46.9 Å². The van der Waals surface area contributed by atoms with Crippen molar-refractivity contribution < 1.29 is 0 Å². The van der Waals surface area contributed by atoms with Gasteiger partial charge in [0, 0.05) is 28.6 Å². The summed E-state index contributed by atoms with van der Waals surface area (Å²) in [5.74, 6) is 0.947. The molecule has 0 radical (unpaired) electrons. The molecule has 0 fully saturated rings. The Bertz CT molecular complexity index is 1170. The van der Waals surface area contributed by atoms with E-state index in [0.29, 0.717) is 5.02 Å². The molecule has 0 aliphatic carbocycles. The highest BCUT2D eigenvalue weighted by Crippen LogP contribution is 2.35. The normalized spacial score (nSPS) is 11.8. The number of hydrogen-bond acceptors (Lipinski definition) is 3. The van der Waals surface area contributed by atoms with Crippen molar-refractivity contribution in [1.82, 2.24) is 14.6 Å². The largest absolute Gasteiger partial charge is 0.370 e. The van der Waals surface area contributed by atoms with Crippen molar-refractivity contribution in [1.29, 1.82) is 0 Å². The van der Waals surface area contributed by atoms with Gasteiger partial charge in [0.15, 0.2) is 5.65 Å². The highest BCUT2D eigenvalue weighted by molar-refractivity contribution is 6.33. The van der Waals surface area contributed by atoms with Gasteiger partial charge in [-0.1, -0.05) is 80.9 Å². The second-order valence-corrected chi connectivity index (χ2v) is 9.02. The first-order valence-corrected chi connectivity index (χ1v) is 10.7. The van der Waals surface area contributed by atoms with Gasteiger partial charge in [0.2, 0.25) is 0 Å². The molecule has 30 heavy (non-hydrogen) atoms. The number of anilines is 1. The Hall–Kier alpha value is -2.85. The molecule has 0 unspecified atom stereocenters. The molecule has 0 spiro atoms. The monoisotopic (exact) mass is 418 g/mol. The fourth-order valence-electron chi connectivity index (χ4n) is 3.59. The summed E-state index contributed by atoms with van der Waals surface area (Å²) in [5.41, 5.74) is 5.92. The van der Waals surface area contributed by atoms with E-state index in [1.165, 1.54) is 5.56 Å². The number of aromatic nitrogens is 3. The summed E-state index contributed by atoms with van der Waals surface area (Å²) < 4.78 is 1.91. The first kappa shape index (κ1) is 20.4. The van der Waals surface area contributed by atoms with Crippen molar-refractivity contribution >= 4 is 23.1 Å². The van der Waals surface area contributed by atoms with Gasteiger partial charge in [-0.25, -0.2) is 4.98 Å². The summed E-state index contributed by atoms with van der Waals surface area (Å²) in [7, 11) is 0. The average Bonchev–Trinajstić information content (AvgIpc) is 3.04. The Morgan fingerprint density at radius 3 is 2.40 bits per heavy atom. The Kier molecular flexibility index (Phi) is 5.52. The van der Waals surface area contributed by atoms with E-state index in [2.05, 4.69) is 56.4 Å². The van der Waals surface area contributed by atoms with E-state index in [-0.39, 0.29) is 5.41 Å². The maximum absolute atomic E-state index is 6.53. The zero-order valence-electron chi connectivity index (χ0n) is 17.9. The van der Waals surface area contributed by atoms with Crippen LogP contribution in [0.25, 0.3) is 16.8 Å². The molecule has 2 heterocycles. The predicted octanol–water partition coefficient (Wildman–Crippen LogP) is 6.31. The number of hydrogen-bond donors (Lipinski definition) is 1. The quantitative estimate of drug-likeness (QED) is 0.413. The topological polar surface area (TPSA) is 42.2 Å². The number of halogens is 1. The van der Waals surface area contributed by atoms with Crippen molar-refractivity contribution in [3.05, 3.63) is 82.6 Å². The summed E-state index contributed by atoms with van der Waals surface area (Å²) in [6, 6.07) is 20.5. The fraction of sp³-hybridized carbons (Fsp3) is 0.280. The lowest BCUT2D eigenvalue weighted by Gasteiger charge is -2.20. The average molecular weight is 419 g/mol. The smallest absolute Gasteiger partial charge is 0.165 e. The summed E-state index contributed by atoms with van der Waals surface area (Å²) in [5, 5.41) is 9.10. The first-order valence-electron chi connectivity index (χ1n) is 10.3. The lowest BCUT2D eigenvalue weighted by Crippen LogP contribution is -2.17. The summed E-state index contributed by atoms with van der Waals surface area (Å²) in [6.07, 6.45) is 0.938. The second kappa shape index (κ2) is 8.11. The SMILES string of the molecule is Cc1nn2c(NCCc3ccccc3)cc(C(C)(C)C)nc2c1-c1ccccc1Cl. The molecule has 154 valence electrons. The summed E-state index contributed by atoms with van der Waals surface area (Å²) >= 11 is 6.53. The van der Waals surface area contributed by atoms with Crippen LogP contribution < -0.4 is 5.32 Å². The van der Waals surface area contributed by atoms with Gasteiger partial charge in [-0.3, -0.25) is 0 Å². The van der Waals surface area contributed by atoms with Crippen molar-refractivity contribution in [2.24, 2.45) is 0 Å². The van der Waals surface area contributed by atoms with Crippen LogP contribution in [0.5, 0.6) is 0 Å². The Morgan fingerprint density at radius 1 is 1.00 bits per heavy atom. The van der Waals surface area contributed by atoms with Crippen LogP contribution in [0.15, 0.2) is 60.7 Å². The van der Waals surface area contributed by atoms with Gasteiger partial charge in [0.25, 0.3) is 0 Å². The number of rotatable bonds is 5. The van der Waals surface area contributed by atoms with E-state index in [1.807, 2.05) is 41.8 Å². The molecule has 2 aromatic carbocycles. The minimum Gasteiger partial charge on any atom is -0.370 e. The molecule has 4 rings (SSSR count). The maximum Gasteiger partial charge on any atom is 0.165 e. The van der Waals surface area contributed by atoms with Gasteiger partial charge in [0.05, 0.1) is 17.0 Å². The number of aryl methyl sites for hydroxylation is 1. The van der Waals surface area contributed by atoms with Crippen molar-refractivity contribution in [3.8, 4) is 11.1 Å². The molecule has 1 N–H and O–H groups in total. The Morgan fingerprint density at radius 2 is 1.70 bits per heavy atom. The molecule has 0 saturated heterocycles. The van der Waals surface area contributed by atoms with Gasteiger partial charge in [0.1, 0.15) is 5.82 Å². The predicted molar refractivity (Wildman–Crippen MR) is 126 cm³/mol. The summed E-state index contributed by atoms with van der Waals surface area (Å²) in [4.78, 5) is 5.01. The number of nitrogens with zero attached hydrogens (tertiary/aromatic N) is 3. The molecule has 0 aliphatic heterocycles. The van der Waals surface area contributed by atoms with Crippen molar-refractivity contribution in [2.75, 3.05) is 11.9 Å². The standard InChI is InChI=1S/C25H27ClN4/c1-17-23(19-12-8-9-13-20(19)26)24-28-21(25(2,3)4)16-22(30(24)29-17)27-15-14-18-10-6-5-7-11-18/h5-13,16,27H,14-15H2,1-4H3. The molecular weight excluding hydrogens is 392 g/mol. The molecule has 4 nitrogen and oxygen atoms in total. The molecule has 5 heteroatoms. The Balaban J connectivity index is 1.79. The third-order valence-electron chi connectivity index (χ3n) is 5.24. The first-order chi connectivity index (χ1) is 14.3. The minimum absolute atomic E-state index is 0.0897. The lowest BCUT2D eigenvalue weighted by molar-refractivity contribution is 0.568. The van der Waals surface area contributed by atoms with Gasteiger partial charge < -0.3 is 5.32 Å². The van der Waals surface area contributed by atoms with Crippen LogP contribution in [-0.2, 0) is 11.8 Å². The molecular formula is C25H27ClN4. The van der Waals surface area contributed by atoms with Gasteiger partial charge in [-0.15, -0.1) is 0 Å². The zero-order chi connectivity index (χ0) is 21.3. The third kappa shape index (κ3) is 4.05. The van der Waals surface area contributed by atoms with Crippen LogP contribution in [0.3, 0.4) is 0 Å². The Labute approximate surface area is 182 Å². The van der Waals surface area contributed by atoms with E-state index in [1.54, 1.807) is 0 Å². The third-order valence-corrected chi connectivity index (χ3v) is 5.57. The fourth-order valence-corrected chi connectivity index (χ4v) is 3.82. The second-order valence-electron chi connectivity index (χ2n) is 8.61. The van der Waals surface area contributed by atoms with E-state index >= 15 is 0 Å². The zero-order valence-corrected chi connectivity index (χ0v) is 18.7. The summed E-state index contributed by atoms with van der Waals surface area (Å²) in [6.45, 7) is 9.36. The van der Waals surface area contributed by atoms with Crippen LogP contribution in [0, 0.1) is 6.92 Å². The van der Waals surface area contributed by atoms with Crippen molar-refractivity contribution in [3.63, 3.8) is 0 Å². The van der Waals surface area contributed by atoms with Crippen LogP contribution >= 0.6 is 11.6 Å². The van der Waals surface area contributed by atoms with Gasteiger partial charge in [-0.05, 0) is 25.0 Å². The molecule has 0 aliphatic rings. The highest BCUT2D eigenvalue weighted by Gasteiger charge is 2.22. The van der Waals surface area contributed by atoms with Gasteiger partial charge in [-0.2, -0.15) is 9.61 Å².